The summed E-state index contributed by atoms with van der Waals surface area (Å²) in [5.41, 5.74) is 0. The summed E-state index contributed by atoms with van der Waals surface area (Å²) in [6, 6.07) is 0. The quantitative estimate of drug-likeness (QED) is 0.563. The van der Waals surface area contributed by atoms with E-state index in [0.717, 1.165) is 6.92 Å². The van der Waals surface area contributed by atoms with Gasteiger partial charge in [0, 0.05) is 6.42 Å². The van der Waals surface area contributed by atoms with Crippen LogP contribution in [-0.4, -0.2) is 12.1 Å². The highest BCUT2D eigenvalue weighted by Gasteiger charge is 2.55. The van der Waals surface area contributed by atoms with Crippen molar-refractivity contribution in [3.8, 4) is 0 Å². The van der Waals surface area contributed by atoms with Gasteiger partial charge in [-0.3, -0.25) is 0 Å². The minimum absolute atomic E-state index is 0.785. The van der Waals surface area contributed by atoms with E-state index < -0.39 is 18.5 Å². The number of hydrogen-bond donors (Lipinski definition) is 0. The van der Waals surface area contributed by atoms with Crippen LogP contribution in [0.15, 0.2) is 0 Å². The van der Waals surface area contributed by atoms with Gasteiger partial charge in [-0.15, -0.1) is 0 Å². The highest BCUT2D eigenvalue weighted by Crippen LogP contribution is 2.37. The van der Waals surface area contributed by atoms with Gasteiger partial charge in [0.25, 0.3) is 0 Å². The predicted octanol–water partition coefficient (Wildman–Crippen LogP) is 4.15. The molecule has 1 saturated carbocycles. The molecule has 13 heavy (non-hydrogen) atoms. The van der Waals surface area contributed by atoms with Gasteiger partial charge in [-0.05, 0) is 0 Å². The Hall–Kier alpha value is -0.350. The topological polar surface area (TPSA) is 0 Å². The number of halogens is 5. The summed E-state index contributed by atoms with van der Waals surface area (Å²) in [5.74, 6) is -4.52. The van der Waals surface area contributed by atoms with E-state index in [-0.39, 0.29) is 0 Å². The molecule has 0 heterocycles. The van der Waals surface area contributed by atoms with Crippen molar-refractivity contribution in [3.63, 3.8) is 0 Å². The smallest absolute Gasteiger partial charge is 0.196 e. The molecular formula is C8H13F5. The molecule has 0 bridgehead atoms. The summed E-state index contributed by atoms with van der Waals surface area (Å²) in [7, 11) is 0. The zero-order valence-corrected chi connectivity index (χ0v) is 7.43. The fraction of sp³-hybridized carbons (Fsp3) is 1.00. The molecule has 0 unspecified atom stereocenters. The minimum atomic E-state index is -5.39. The molecule has 0 spiro atoms. The third-order valence-corrected chi connectivity index (χ3v) is 1.86. The molecule has 0 aromatic carbocycles. The van der Waals surface area contributed by atoms with E-state index in [1.807, 2.05) is 0 Å². The van der Waals surface area contributed by atoms with Crippen LogP contribution in [0.25, 0.3) is 0 Å². The van der Waals surface area contributed by atoms with Crippen LogP contribution in [0.2, 0.25) is 0 Å². The molecule has 1 fully saturated rings. The maximum atomic E-state index is 11.5. The lowest BCUT2D eigenvalue weighted by Crippen LogP contribution is -2.35. The van der Waals surface area contributed by atoms with Crippen molar-refractivity contribution < 1.29 is 22.0 Å². The minimum Gasteiger partial charge on any atom is -0.196 e. The van der Waals surface area contributed by atoms with Crippen LogP contribution in [0.3, 0.4) is 0 Å². The Labute approximate surface area is 74.1 Å². The molecule has 5 heteroatoms. The predicted molar refractivity (Wildman–Crippen MR) is 39.8 cm³/mol. The van der Waals surface area contributed by atoms with Crippen molar-refractivity contribution in [1.29, 1.82) is 0 Å². The Morgan fingerprint density at radius 1 is 0.846 bits per heavy atom. The largest absolute Gasteiger partial charge is 0.453 e. The first-order valence-electron chi connectivity index (χ1n) is 4.26. The molecule has 1 aliphatic carbocycles. The van der Waals surface area contributed by atoms with Gasteiger partial charge in [-0.1, -0.05) is 32.6 Å². The van der Waals surface area contributed by atoms with Gasteiger partial charge in [0.15, 0.2) is 0 Å². The summed E-state index contributed by atoms with van der Waals surface area (Å²) in [5, 5.41) is 0. The van der Waals surface area contributed by atoms with E-state index in [0.29, 0.717) is 0 Å². The van der Waals surface area contributed by atoms with E-state index in [9.17, 15) is 22.0 Å². The summed E-state index contributed by atoms with van der Waals surface area (Å²) in [6.07, 6.45) is -0.585. The molecule has 0 aromatic heterocycles. The van der Waals surface area contributed by atoms with E-state index in [4.69, 9.17) is 0 Å². The molecule has 1 aliphatic rings. The van der Waals surface area contributed by atoms with Gasteiger partial charge in [0.2, 0.25) is 0 Å². The average Bonchev–Trinajstić information content (AvgIpc) is 1.81. The third kappa shape index (κ3) is 4.43. The SMILES string of the molecule is C1CCC1.CCC(F)(F)C(F)(F)F. The second-order valence-corrected chi connectivity index (χ2v) is 2.97. The van der Waals surface area contributed by atoms with Crippen LogP contribution in [-0.2, 0) is 0 Å². The Kier molecular flexibility index (Phi) is 4.64. The van der Waals surface area contributed by atoms with Crippen LogP contribution in [0.4, 0.5) is 22.0 Å². The molecule has 0 aliphatic heterocycles. The van der Waals surface area contributed by atoms with Gasteiger partial charge in [-0.2, -0.15) is 22.0 Å². The molecule has 0 amide bonds. The average molecular weight is 204 g/mol. The van der Waals surface area contributed by atoms with Crippen LogP contribution in [0.1, 0.15) is 39.0 Å². The fourth-order valence-electron chi connectivity index (χ4n) is 0.450. The zero-order valence-electron chi connectivity index (χ0n) is 7.43. The molecule has 0 N–H and O–H groups in total. The first kappa shape index (κ1) is 12.7. The first-order valence-corrected chi connectivity index (χ1v) is 4.26. The second kappa shape index (κ2) is 4.77. The molecule has 80 valence electrons. The zero-order chi connectivity index (χ0) is 10.5. The molecule has 0 nitrogen and oxygen atoms in total. The fourth-order valence-corrected chi connectivity index (χ4v) is 0.450. The molecule has 0 aromatic rings. The Morgan fingerprint density at radius 3 is 1.15 bits per heavy atom. The van der Waals surface area contributed by atoms with Crippen molar-refractivity contribution in [2.24, 2.45) is 0 Å². The van der Waals surface area contributed by atoms with Crippen molar-refractivity contribution in [2.75, 3.05) is 0 Å². The lowest BCUT2D eigenvalue weighted by Gasteiger charge is -2.16. The monoisotopic (exact) mass is 204 g/mol. The Morgan fingerprint density at radius 2 is 1.15 bits per heavy atom. The van der Waals surface area contributed by atoms with E-state index in [1.54, 1.807) is 0 Å². The van der Waals surface area contributed by atoms with Crippen molar-refractivity contribution >= 4 is 0 Å². The van der Waals surface area contributed by atoms with Crippen LogP contribution < -0.4 is 0 Å². The highest BCUT2D eigenvalue weighted by molar-refractivity contribution is 4.72. The third-order valence-electron chi connectivity index (χ3n) is 1.86. The van der Waals surface area contributed by atoms with Gasteiger partial charge in [-0.25, -0.2) is 0 Å². The van der Waals surface area contributed by atoms with E-state index in [2.05, 4.69) is 0 Å². The van der Waals surface area contributed by atoms with Gasteiger partial charge in [0.1, 0.15) is 0 Å². The molecule has 0 radical (unpaired) electrons. The van der Waals surface area contributed by atoms with Crippen LogP contribution in [0.5, 0.6) is 0 Å². The maximum absolute atomic E-state index is 11.5. The van der Waals surface area contributed by atoms with E-state index >= 15 is 0 Å². The first-order chi connectivity index (χ1) is 5.81. The van der Waals surface area contributed by atoms with Crippen molar-refractivity contribution in [3.05, 3.63) is 0 Å². The second-order valence-electron chi connectivity index (χ2n) is 2.97. The van der Waals surface area contributed by atoms with E-state index in [1.165, 1.54) is 25.7 Å². The van der Waals surface area contributed by atoms with Gasteiger partial charge in [0.05, 0.1) is 0 Å². The number of alkyl halides is 5. The number of rotatable bonds is 1. The normalized spacial score (nSPS) is 17.1. The summed E-state index contributed by atoms with van der Waals surface area (Å²) in [6.45, 7) is 0.785. The van der Waals surface area contributed by atoms with Crippen molar-refractivity contribution in [2.45, 2.75) is 51.1 Å². The summed E-state index contributed by atoms with van der Waals surface area (Å²) >= 11 is 0. The lowest BCUT2D eigenvalue weighted by molar-refractivity contribution is -0.282. The van der Waals surface area contributed by atoms with Crippen LogP contribution >= 0.6 is 0 Å². The van der Waals surface area contributed by atoms with Gasteiger partial charge >= 0.3 is 12.1 Å². The Balaban J connectivity index is 0.000000293. The number of hydrogen-bond acceptors (Lipinski definition) is 0. The standard InChI is InChI=1S/C4H5F5.C4H8/c1-2-3(5,6)4(7,8)9;1-2-4-3-1/h2H2,1H3;1-4H2. The Bertz CT molecular complexity index is 130. The molecule has 0 atom stereocenters. The molecular weight excluding hydrogens is 191 g/mol. The highest BCUT2D eigenvalue weighted by atomic mass is 19.4. The summed E-state index contributed by atoms with van der Waals surface area (Å²) in [4.78, 5) is 0. The molecule has 0 saturated heterocycles. The lowest BCUT2D eigenvalue weighted by atomic mass is 10.0. The maximum Gasteiger partial charge on any atom is 0.453 e. The molecule has 1 rings (SSSR count). The van der Waals surface area contributed by atoms with Crippen LogP contribution in [0, 0.1) is 0 Å². The van der Waals surface area contributed by atoms with Crippen molar-refractivity contribution in [1.82, 2.24) is 0 Å². The van der Waals surface area contributed by atoms with Gasteiger partial charge < -0.3 is 0 Å². The summed E-state index contributed by atoms with van der Waals surface area (Å²) < 4.78 is 56.3.